The highest BCUT2D eigenvalue weighted by Gasteiger charge is 2.34. The van der Waals surface area contributed by atoms with Crippen molar-refractivity contribution in [1.29, 1.82) is 0 Å². The fourth-order valence-electron chi connectivity index (χ4n) is 2.73. The molecule has 9 heteroatoms. The lowest BCUT2D eigenvalue weighted by Gasteiger charge is -2.30. The third-order valence-corrected chi connectivity index (χ3v) is 5.89. The third kappa shape index (κ3) is 4.49. The van der Waals surface area contributed by atoms with Crippen LogP contribution in [0.15, 0.2) is 34.3 Å². The SMILES string of the molecule is C=CCC(C)NC(=O)C1CCN(S(=O)(=O)c2ccc(C(=O)O)o2)CC1. The van der Waals surface area contributed by atoms with Crippen molar-refractivity contribution in [3.05, 3.63) is 30.5 Å². The van der Waals surface area contributed by atoms with E-state index in [2.05, 4.69) is 11.9 Å². The zero-order chi connectivity index (χ0) is 18.6. The standard InChI is InChI=1S/C16H22N2O6S/c1-3-4-11(2)17-15(19)12-7-9-18(10-8-12)25(22,23)14-6-5-13(24-14)16(20)21/h3,5-6,11-12H,1,4,7-10H2,2H3,(H,17,19)(H,20,21). The molecule has 1 aliphatic heterocycles. The molecular formula is C16H22N2O6S. The van der Waals surface area contributed by atoms with Crippen molar-refractivity contribution in [1.82, 2.24) is 9.62 Å². The molecule has 0 bridgehead atoms. The number of piperidine rings is 1. The van der Waals surface area contributed by atoms with E-state index >= 15 is 0 Å². The second-order valence-electron chi connectivity index (χ2n) is 6.04. The maximum Gasteiger partial charge on any atom is 0.371 e. The van der Waals surface area contributed by atoms with Crippen LogP contribution < -0.4 is 5.32 Å². The Labute approximate surface area is 146 Å². The molecule has 1 aromatic rings. The van der Waals surface area contributed by atoms with E-state index in [4.69, 9.17) is 9.52 Å². The summed E-state index contributed by atoms with van der Waals surface area (Å²) in [5, 5.41) is 11.3. The first-order chi connectivity index (χ1) is 11.8. The molecular weight excluding hydrogens is 348 g/mol. The highest BCUT2D eigenvalue weighted by molar-refractivity contribution is 7.89. The normalized spacial score (nSPS) is 17.8. The highest BCUT2D eigenvalue weighted by atomic mass is 32.2. The number of nitrogens with one attached hydrogen (secondary N) is 1. The largest absolute Gasteiger partial charge is 0.475 e. The first-order valence-electron chi connectivity index (χ1n) is 8.00. The quantitative estimate of drug-likeness (QED) is 0.702. The van der Waals surface area contributed by atoms with Crippen LogP contribution in [0.3, 0.4) is 0 Å². The summed E-state index contributed by atoms with van der Waals surface area (Å²) >= 11 is 0. The molecule has 2 heterocycles. The zero-order valence-electron chi connectivity index (χ0n) is 14.0. The minimum absolute atomic E-state index is 0.00989. The van der Waals surface area contributed by atoms with Gasteiger partial charge < -0.3 is 14.8 Å². The number of hydrogen-bond acceptors (Lipinski definition) is 5. The fraction of sp³-hybridized carbons (Fsp3) is 0.500. The Bertz CT molecular complexity index is 746. The van der Waals surface area contributed by atoms with Crippen molar-refractivity contribution >= 4 is 21.9 Å². The summed E-state index contributed by atoms with van der Waals surface area (Å²) in [5.74, 6) is -2.09. The Balaban J connectivity index is 1.97. The van der Waals surface area contributed by atoms with Gasteiger partial charge >= 0.3 is 5.97 Å². The third-order valence-electron chi connectivity index (χ3n) is 4.12. The van der Waals surface area contributed by atoms with Crippen LogP contribution in [0.1, 0.15) is 36.7 Å². The Morgan fingerprint density at radius 1 is 1.44 bits per heavy atom. The van der Waals surface area contributed by atoms with Gasteiger partial charge in [0.15, 0.2) is 0 Å². The molecule has 2 N–H and O–H groups in total. The number of nitrogens with zero attached hydrogens (tertiary/aromatic N) is 1. The van der Waals surface area contributed by atoms with E-state index in [0.717, 1.165) is 12.1 Å². The van der Waals surface area contributed by atoms with Crippen LogP contribution in [0, 0.1) is 5.92 Å². The Kier molecular flexibility index (Phi) is 6.02. The van der Waals surface area contributed by atoms with Gasteiger partial charge in [0.25, 0.3) is 10.0 Å². The first kappa shape index (κ1) is 19.2. The molecule has 1 atom stereocenters. The second-order valence-corrected chi connectivity index (χ2v) is 7.91. The molecule has 1 aliphatic rings. The van der Waals surface area contributed by atoms with E-state index in [9.17, 15) is 18.0 Å². The van der Waals surface area contributed by atoms with E-state index in [0.29, 0.717) is 19.3 Å². The van der Waals surface area contributed by atoms with Crippen LogP contribution in [0.25, 0.3) is 0 Å². The average Bonchev–Trinajstić information content (AvgIpc) is 3.06. The van der Waals surface area contributed by atoms with Crippen molar-refractivity contribution in [2.45, 2.75) is 37.3 Å². The van der Waals surface area contributed by atoms with Gasteiger partial charge in [0.05, 0.1) is 0 Å². The van der Waals surface area contributed by atoms with E-state index in [1.165, 1.54) is 4.31 Å². The number of carboxylic acid groups (broad SMARTS) is 1. The van der Waals surface area contributed by atoms with Crippen LogP contribution >= 0.6 is 0 Å². The number of sulfonamides is 1. The number of amides is 1. The summed E-state index contributed by atoms with van der Waals surface area (Å²) in [6.07, 6.45) is 3.20. The average molecular weight is 370 g/mol. The van der Waals surface area contributed by atoms with Gasteiger partial charge in [-0.1, -0.05) is 6.08 Å². The van der Waals surface area contributed by atoms with Crippen LogP contribution in [-0.2, 0) is 14.8 Å². The second kappa shape index (κ2) is 7.83. The molecule has 1 unspecified atom stereocenters. The lowest BCUT2D eigenvalue weighted by atomic mass is 9.97. The van der Waals surface area contributed by atoms with Gasteiger partial charge in [0.1, 0.15) is 0 Å². The van der Waals surface area contributed by atoms with E-state index in [1.807, 2.05) is 6.92 Å². The van der Waals surface area contributed by atoms with Crippen LogP contribution in [0.2, 0.25) is 0 Å². The summed E-state index contributed by atoms with van der Waals surface area (Å²) in [7, 11) is -3.90. The maximum atomic E-state index is 12.5. The topological polar surface area (TPSA) is 117 Å². The van der Waals surface area contributed by atoms with Crippen LogP contribution in [0.4, 0.5) is 0 Å². The molecule has 1 saturated heterocycles. The molecule has 8 nitrogen and oxygen atoms in total. The maximum absolute atomic E-state index is 12.5. The first-order valence-corrected chi connectivity index (χ1v) is 9.44. The molecule has 138 valence electrons. The van der Waals surface area contributed by atoms with Gasteiger partial charge in [-0.05, 0) is 38.3 Å². The number of hydrogen-bond donors (Lipinski definition) is 2. The molecule has 25 heavy (non-hydrogen) atoms. The molecule has 2 rings (SSSR count). The molecule has 0 saturated carbocycles. The minimum Gasteiger partial charge on any atom is -0.475 e. The number of aromatic carboxylic acids is 1. The van der Waals surface area contributed by atoms with Crippen molar-refractivity contribution in [3.8, 4) is 0 Å². The summed E-state index contributed by atoms with van der Waals surface area (Å²) in [5.41, 5.74) is 0. The zero-order valence-corrected chi connectivity index (χ0v) is 14.8. The molecule has 1 amide bonds. The number of carboxylic acids is 1. The summed E-state index contributed by atoms with van der Waals surface area (Å²) in [6, 6.07) is 2.23. The van der Waals surface area contributed by atoms with Gasteiger partial charge in [-0.3, -0.25) is 4.79 Å². The predicted octanol–water partition coefficient (Wildman–Crippen LogP) is 1.46. The van der Waals surface area contributed by atoms with Crippen LogP contribution in [-0.4, -0.2) is 48.8 Å². The van der Waals surface area contributed by atoms with E-state index < -0.39 is 26.8 Å². The van der Waals surface area contributed by atoms with Crippen molar-refractivity contribution in [3.63, 3.8) is 0 Å². The van der Waals surface area contributed by atoms with Crippen molar-refractivity contribution in [2.75, 3.05) is 13.1 Å². The van der Waals surface area contributed by atoms with Gasteiger partial charge in [-0.2, -0.15) is 4.31 Å². The Hall–Kier alpha value is -2.13. The number of carbonyl (C=O) groups excluding carboxylic acids is 1. The van der Waals surface area contributed by atoms with Gasteiger partial charge in [-0.15, -0.1) is 6.58 Å². The van der Waals surface area contributed by atoms with Crippen molar-refractivity contribution < 1.29 is 27.5 Å². The number of rotatable bonds is 7. The Morgan fingerprint density at radius 3 is 2.60 bits per heavy atom. The van der Waals surface area contributed by atoms with E-state index in [1.54, 1.807) is 6.08 Å². The van der Waals surface area contributed by atoms with Gasteiger partial charge in [-0.25, -0.2) is 13.2 Å². The summed E-state index contributed by atoms with van der Waals surface area (Å²) in [4.78, 5) is 23.0. The van der Waals surface area contributed by atoms with Crippen LogP contribution in [0.5, 0.6) is 0 Å². The summed E-state index contributed by atoms with van der Waals surface area (Å²) in [6.45, 7) is 5.87. The van der Waals surface area contributed by atoms with Gasteiger partial charge in [0.2, 0.25) is 16.8 Å². The van der Waals surface area contributed by atoms with E-state index in [-0.39, 0.29) is 31.0 Å². The smallest absolute Gasteiger partial charge is 0.371 e. The molecule has 0 radical (unpaired) electrons. The van der Waals surface area contributed by atoms with Gasteiger partial charge in [0, 0.05) is 25.0 Å². The highest BCUT2D eigenvalue weighted by Crippen LogP contribution is 2.25. The molecule has 0 aromatic carbocycles. The minimum atomic E-state index is -3.90. The fourth-order valence-corrected chi connectivity index (χ4v) is 4.11. The Morgan fingerprint density at radius 2 is 2.08 bits per heavy atom. The number of furan rings is 1. The number of carbonyl (C=O) groups is 2. The molecule has 0 spiro atoms. The predicted molar refractivity (Wildman–Crippen MR) is 89.6 cm³/mol. The molecule has 0 aliphatic carbocycles. The van der Waals surface area contributed by atoms with Crippen molar-refractivity contribution in [2.24, 2.45) is 5.92 Å². The lowest BCUT2D eigenvalue weighted by molar-refractivity contribution is -0.126. The molecule has 1 aromatic heterocycles. The summed E-state index contributed by atoms with van der Waals surface area (Å²) < 4.78 is 31.1. The molecule has 1 fully saturated rings. The monoisotopic (exact) mass is 370 g/mol. The lowest BCUT2D eigenvalue weighted by Crippen LogP contribution is -2.44.